The molecule has 5 nitrogen and oxygen atoms in total. The summed E-state index contributed by atoms with van der Waals surface area (Å²) >= 11 is 1.47. The number of aryl methyl sites for hydroxylation is 1. The molecule has 0 aromatic carbocycles. The first-order valence-electron chi connectivity index (χ1n) is 7.00. The predicted molar refractivity (Wildman–Crippen MR) is 86.0 cm³/mol. The van der Waals surface area contributed by atoms with Crippen molar-refractivity contribution >= 4 is 28.2 Å². The molecule has 1 unspecified atom stereocenters. The molecule has 0 fully saturated rings. The Morgan fingerprint density at radius 3 is 3.00 bits per heavy atom. The van der Waals surface area contributed by atoms with Crippen LogP contribution in [-0.4, -0.2) is 21.9 Å². The number of amides is 1. The van der Waals surface area contributed by atoms with Gasteiger partial charge in [0.15, 0.2) is 5.13 Å². The smallest absolute Gasteiger partial charge is 0.226 e. The SMILES string of the molecule is CCC(C)NC(=O)Cc1csc(Nc2cc(C)ccn2)n1. The first-order chi connectivity index (χ1) is 10.1. The lowest BCUT2D eigenvalue weighted by Gasteiger charge is -2.10. The summed E-state index contributed by atoms with van der Waals surface area (Å²) in [6.45, 7) is 6.05. The maximum atomic E-state index is 11.8. The van der Waals surface area contributed by atoms with Gasteiger partial charge in [-0.1, -0.05) is 6.92 Å². The monoisotopic (exact) mass is 304 g/mol. The van der Waals surface area contributed by atoms with Crippen LogP contribution in [0, 0.1) is 6.92 Å². The van der Waals surface area contributed by atoms with Crippen LogP contribution in [0.2, 0.25) is 0 Å². The fraction of sp³-hybridized carbons (Fsp3) is 0.400. The second kappa shape index (κ2) is 7.17. The van der Waals surface area contributed by atoms with Gasteiger partial charge in [0.2, 0.25) is 5.91 Å². The third kappa shape index (κ3) is 4.82. The van der Waals surface area contributed by atoms with Gasteiger partial charge in [0.1, 0.15) is 5.82 Å². The number of carbonyl (C=O) groups excluding carboxylic acids is 1. The molecule has 0 aliphatic heterocycles. The predicted octanol–water partition coefficient (Wildman–Crippen LogP) is 3.05. The highest BCUT2D eigenvalue weighted by Crippen LogP contribution is 2.20. The zero-order valence-corrected chi connectivity index (χ0v) is 13.3. The Morgan fingerprint density at radius 2 is 2.29 bits per heavy atom. The Bertz CT molecular complexity index is 611. The van der Waals surface area contributed by atoms with Crippen LogP contribution in [0.3, 0.4) is 0 Å². The van der Waals surface area contributed by atoms with Crippen LogP contribution in [0.5, 0.6) is 0 Å². The van der Waals surface area contributed by atoms with E-state index in [-0.39, 0.29) is 11.9 Å². The van der Waals surface area contributed by atoms with E-state index in [0.717, 1.165) is 28.6 Å². The highest BCUT2D eigenvalue weighted by molar-refractivity contribution is 7.13. The second-order valence-corrected chi connectivity index (χ2v) is 5.90. The highest BCUT2D eigenvalue weighted by Gasteiger charge is 2.10. The van der Waals surface area contributed by atoms with Crippen LogP contribution in [0.4, 0.5) is 10.9 Å². The number of pyridine rings is 1. The van der Waals surface area contributed by atoms with Crippen molar-refractivity contribution in [1.82, 2.24) is 15.3 Å². The van der Waals surface area contributed by atoms with E-state index < -0.39 is 0 Å². The van der Waals surface area contributed by atoms with Gasteiger partial charge in [0, 0.05) is 17.6 Å². The summed E-state index contributed by atoms with van der Waals surface area (Å²) < 4.78 is 0. The van der Waals surface area contributed by atoms with E-state index >= 15 is 0 Å². The molecule has 2 heterocycles. The Morgan fingerprint density at radius 1 is 1.48 bits per heavy atom. The molecule has 6 heteroatoms. The summed E-state index contributed by atoms with van der Waals surface area (Å²) in [5.41, 5.74) is 1.91. The maximum Gasteiger partial charge on any atom is 0.226 e. The fourth-order valence-corrected chi connectivity index (χ4v) is 2.47. The van der Waals surface area contributed by atoms with Crippen LogP contribution in [0.25, 0.3) is 0 Å². The zero-order valence-electron chi connectivity index (χ0n) is 12.5. The quantitative estimate of drug-likeness (QED) is 0.861. The second-order valence-electron chi connectivity index (χ2n) is 5.04. The lowest BCUT2D eigenvalue weighted by molar-refractivity contribution is -0.121. The molecule has 0 radical (unpaired) electrons. The lowest BCUT2D eigenvalue weighted by Crippen LogP contribution is -2.33. The van der Waals surface area contributed by atoms with Gasteiger partial charge in [-0.05, 0) is 38.0 Å². The van der Waals surface area contributed by atoms with Gasteiger partial charge in [0.25, 0.3) is 0 Å². The van der Waals surface area contributed by atoms with Gasteiger partial charge in [0.05, 0.1) is 12.1 Å². The lowest BCUT2D eigenvalue weighted by atomic mass is 10.2. The maximum absolute atomic E-state index is 11.8. The van der Waals surface area contributed by atoms with Crippen LogP contribution in [0.15, 0.2) is 23.7 Å². The van der Waals surface area contributed by atoms with Gasteiger partial charge in [-0.3, -0.25) is 4.79 Å². The molecule has 2 aromatic rings. The Balaban J connectivity index is 1.94. The Labute approximate surface area is 128 Å². The average molecular weight is 304 g/mol. The standard InChI is InChI=1S/C15H20N4OS/c1-4-11(3)17-14(20)8-12-9-21-15(18-12)19-13-7-10(2)5-6-16-13/h5-7,9,11H,4,8H2,1-3H3,(H,17,20)(H,16,18,19). The molecule has 1 atom stereocenters. The van der Waals surface area contributed by atoms with E-state index in [1.54, 1.807) is 6.20 Å². The van der Waals surface area contributed by atoms with Gasteiger partial charge < -0.3 is 10.6 Å². The van der Waals surface area contributed by atoms with Crippen LogP contribution in [-0.2, 0) is 11.2 Å². The number of hydrogen-bond acceptors (Lipinski definition) is 5. The van der Waals surface area contributed by atoms with E-state index in [0.29, 0.717) is 6.42 Å². The summed E-state index contributed by atoms with van der Waals surface area (Å²) in [7, 11) is 0. The minimum Gasteiger partial charge on any atom is -0.353 e. The topological polar surface area (TPSA) is 66.9 Å². The van der Waals surface area contributed by atoms with Crippen molar-refractivity contribution in [2.24, 2.45) is 0 Å². The number of rotatable bonds is 6. The number of carbonyl (C=O) groups is 1. The number of hydrogen-bond donors (Lipinski definition) is 2. The third-order valence-corrected chi connectivity index (χ3v) is 3.87. The van der Waals surface area contributed by atoms with Gasteiger partial charge in [-0.25, -0.2) is 9.97 Å². The Kier molecular flexibility index (Phi) is 5.27. The minimum atomic E-state index is 0.00915. The van der Waals surface area contributed by atoms with Gasteiger partial charge in [-0.2, -0.15) is 0 Å². The number of nitrogens with one attached hydrogen (secondary N) is 2. The highest BCUT2D eigenvalue weighted by atomic mass is 32.1. The average Bonchev–Trinajstić information content (AvgIpc) is 2.85. The molecule has 2 rings (SSSR count). The molecule has 0 saturated heterocycles. The molecule has 0 aliphatic rings. The fourth-order valence-electron chi connectivity index (χ4n) is 1.75. The number of thiazole rings is 1. The van der Waals surface area contributed by atoms with Gasteiger partial charge in [-0.15, -0.1) is 11.3 Å². The van der Waals surface area contributed by atoms with Crippen LogP contribution < -0.4 is 10.6 Å². The van der Waals surface area contributed by atoms with Crippen molar-refractivity contribution in [3.8, 4) is 0 Å². The molecule has 0 aliphatic carbocycles. The summed E-state index contributed by atoms with van der Waals surface area (Å²) in [5, 5.41) is 8.74. The number of aromatic nitrogens is 2. The third-order valence-electron chi connectivity index (χ3n) is 3.06. The molecule has 112 valence electrons. The van der Waals surface area contributed by atoms with Crippen molar-refractivity contribution in [3.63, 3.8) is 0 Å². The minimum absolute atomic E-state index is 0.00915. The summed E-state index contributed by atoms with van der Waals surface area (Å²) in [6.07, 6.45) is 2.99. The van der Waals surface area contributed by atoms with Crippen LogP contribution >= 0.6 is 11.3 Å². The van der Waals surface area contributed by atoms with E-state index in [1.807, 2.05) is 38.3 Å². The zero-order chi connectivity index (χ0) is 15.2. The molecule has 21 heavy (non-hydrogen) atoms. The molecule has 1 amide bonds. The normalized spacial score (nSPS) is 12.0. The molecular weight excluding hydrogens is 284 g/mol. The van der Waals surface area contributed by atoms with E-state index in [4.69, 9.17) is 0 Å². The molecule has 0 saturated carbocycles. The molecule has 0 bridgehead atoms. The number of anilines is 2. The van der Waals surface area contributed by atoms with E-state index in [2.05, 4.69) is 20.6 Å². The van der Waals surface area contributed by atoms with Crippen molar-refractivity contribution < 1.29 is 4.79 Å². The molecule has 2 N–H and O–H groups in total. The van der Waals surface area contributed by atoms with Crippen molar-refractivity contribution in [2.75, 3.05) is 5.32 Å². The number of nitrogens with zero attached hydrogens (tertiary/aromatic N) is 2. The Hall–Kier alpha value is -1.95. The van der Waals surface area contributed by atoms with E-state index in [9.17, 15) is 4.79 Å². The molecular formula is C15H20N4OS. The molecule has 0 spiro atoms. The van der Waals surface area contributed by atoms with Crippen LogP contribution in [0.1, 0.15) is 31.5 Å². The first kappa shape index (κ1) is 15.4. The summed E-state index contributed by atoms with van der Waals surface area (Å²) in [6, 6.07) is 4.10. The van der Waals surface area contributed by atoms with E-state index in [1.165, 1.54) is 11.3 Å². The first-order valence-corrected chi connectivity index (χ1v) is 7.88. The molecule has 2 aromatic heterocycles. The van der Waals surface area contributed by atoms with Gasteiger partial charge >= 0.3 is 0 Å². The summed E-state index contributed by atoms with van der Waals surface area (Å²) in [4.78, 5) is 20.5. The van der Waals surface area contributed by atoms with Crippen molar-refractivity contribution in [1.29, 1.82) is 0 Å². The summed E-state index contributed by atoms with van der Waals surface area (Å²) in [5.74, 6) is 0.773. The van der Waals surface area contributed by atoms with Crippen molar-refractivity contribution in [3.05, 3.63) is 35.0 Å². The largest absolute Gasteiger partial charge is 0.353 e. The van der Waals surface area contributed by atoms with Crippen molar-refractivity contribution in [2.45, 2.75) is 39.7 Å².